The number of hydrogen-bond donors (Lipinski definition) is 0. The number of allylic oxidation sites excluding steroid dienone is 2. The summed E-state index contributed by atoms with van der Waals surface area (Å²) in [4.78, 5) is 14.8. The second-order valence-corrected chi connectivity index (χ2v) is 6.80. The molecule has 0 radical (unpaired) electrons. The molecule has 23 heavy (non-hydrogen) atoms. The van der Waals surface area contributed by atoms with Crippen LogP contribution in [-0.2, 0) is 9.53 Å². The lowest BCUT2D eigenvalue weighted by molar-refractivity contribution is -0.118. The van der Waals surface area contributed by atoms with Crippen molar-refractivity contribution in [3.05, 3.63) is 11.6 Å². The molecule has 2 aliphatic rings. The summed E-state index contributed by atoms with van der Waals surface area (Å²) >= 11 is 0. The lowest BCUT2D eigenvalue weighted by atomic mass is 10.0. The zero-order valence-corrected chi connectivity index (χ0v) is 15.5. The molecular formula is C19H34ClNO2. The predicted molar refractivity (Wildman–Crippen MR) is 98.3 cm³/mol. The molecule has 0 spiro atoms. The number of hydrogen-bond acceptors (Lipinski definition) is 3. The second kappa shape index (κ2) is 12.0. The summed E-state index contributed by atoms with van der Waals surface area (Å²) in [6, 6.07) is 0. The first-order valence-corrected chi connectivity index (χ1v) is 9.34. The number of rotatable bonds is 9. The normalized spacial score (nSPS) is 24.1. The monoisotopic (exact) mass is 343 g/mol. The van der Waals surface area contributed by atoms with Gasteiger partial charge in [-0.15, -0.1) is 12.4 Å². The van der Waals surface area contributed by atoms with Crippen LogP contribution in [0.25, 0.3) is 0 Å². The van der Waals surface area contributed by atoms with E-state index in [1.54, 1.807) is 0 Å². The van der Waals surface area contributed by atoms with Crippen LogP contribution in [0.15, 0.2) is 11.6 Å². The quantitative estimate of drug-likeness (QED) is 0.459. The summed E-state index contributed by atoms with van der Waals surface area (Å²) in [6.07, 6.45) is 13.3. The number of unbranched alkanes of at least 4 members (excludes halogenated alkanes) is 6. The third-order valence-electron chi connectivity index (χ3n) is 4.98. The molecule has 1 aliphatic carbocycles. The van der Waals surface area contributed by atoms with E-state index in [9.17, 15) is 4.79 Å². The molecule has 1 saturated heterocycles. The number of ether oxygens (including phenoxy) is 1. The highest BCUT2D eigenvalue weighted by Crippen LogP contribution is 2.28. The van der Waals surface area contributed by atoms with Crippen molar-refractivity contribution in [2.24, 2.45) is 5.92 Å². The largest absolute Gasteiger partial charge is 0.379 e. The average molecular weight is 344 g/mol. The van der Waals surface area contributed by atoms with Crippen molar-refractivity contribution in [3.63, 3.8) is 0 Å². The molecule has 4 heteroatoms. The van der Waals surface area contributed by atoms with Crippen LogP contribution in [-0.4, -0.2) is 43.5 Å². The van der Waals surface area contributed by atoms with Gasteiger partial charge in [-0.2, -0.15) is 0 Å². The Morgan fingerprint density at radius 1 is 1.13 bits per heavy atom. The molecule has 0 aromatic rings. The van der Waals surface area contributed by atoms with Crippen LogP contribution in [0.2, 0.25) is 0 Å². The van der Waals surface area contributed by atoms with Gasteiger partial charge in [0.1, 0.15) is 0 Å². The van der Waals surface area contributed by atoms with Gasteiger partial charge in [0, 0.05) is 25.6 Å². The van der Waals surface area contributed by atoms with Crippen molar-refractivity contribution in [2.75, 3.05) is 32.8 Å². The van der Waals surface area contributed by atoms with Crippen LogP contribution in [0.5, 0.6) is 0 Å². The summed E-state index contributed by atoms with van der Waals surface area (Å²) in [5.74, 6) is 0.673. The van der Waals surface area contributed by atoms with Crippen LogP contribution in [0.4, 0.5) is 0 Å². The zero-order chi connectivity index (χ0) is 15.6. The molecule has 1 unspecified atom stereocenters. The number of morpholine rings is 1. The zero-order valence-electron chi connectivity index (χ0n) is 14.7. The number of carbonyl (C=O) groups excluding carboxylic acids is 1. The Morgan fingerprint density at radius 3 is 2.57 bits per heavy atom. The predicted octanol–water partition coefficient (Wildman–Crippen LogP) is 4.40. The third kappa shape index (κ3) is 7.36. The van der Waals surface area contributed by atoms with Crippen LogP contribution in [0.1, 0.15) is 64.7 Å². The van der Waals surface area contributed by atoms with Gasteiger partial charge in [-0.05, 0) is 31.3 Å². The van der Waals surface area contributed by atoms with E-state index in [0.29, 0.717) is 5.78 Å². The van der Waals surface area contributed by atoms with Crippen molar-refractivity contribution in [1.29, 1.82) is 0 Å². The number of ketones is 1. The highest BCUT2D eigenvalue weighted by molar-refractivity contribution is 5.99. The molecule has 3 nitrogen and oxygen atoms in total. The molecule has 0 amide bonds. The Bertz CT molecular complexity index is 364. The second-order valence-electron chi connectivity index (χ2n) is 6.80. The van der Waals surface area contributed by atoms with Gasteiger partial charge in [0.15, 0.2) is 5.78 Å². The van der Waals surface area contributed by atoms with E-state index in [1.165, 1.54) is 38.5 Å². The first kappa shape index (κ1) is 20.7. The van der Waals surface area contributed by atoms with Gasteiger partial charge in [0.2, 0.25) is 0 Å². The first-order valence-electron chi connectivity index (χ1n) is 9.34. The molecule has 0 aromatic carbocycles. The van der Waals surface area contributed by atoms with Gasteiger partial charge in [-0.25, -0.2) is 0 Å². The standard InChI is InChI=1S/C19H33NO2.ClH/c1-2-3-4-5-6-7-8-9-17-10-11-18(19(17)21)16-20-12-14-22-15-13-20;/h9,18H,2-8,10-16H2,1H3;1H/b17-9-;. The average Bonchev–Trinajstić information content (AvgIpc) is 2.88. The minimum atomic E-state index is 0. The van der Waals surface area contributed by atoms with E-state index < -0.39 is 0 Å². The molecule has 0 aromatic heterocycles. The molecule has 0 bridgehead atoms. The molecular weight excluding hydrogens is 310 g/mol. The number of halogens is 1. The van der Waals surface area contributed by atoms with Gasteiger partial charge < -0.3 is 4.74 Å². The van der Waals surface area contributed by atoms with Crippen molar-refractivity contribution < 1.29 is 9.53 Å². The fourth-order valence-corrected chi connectivity index (χ4v) is 3.52. The van der Waals surface area contributed by atoms with Crippen LogP contribution in [0, 0.1) is 5.92 Å². The van der Waals surface area contributed by atoms with Gasteiger partial charge >= 0.3 is 0 Å². The molecule has 1 aliphatic heterocycles. The Hall–Kier alpha value is -0.380. The third-order valence-corrected chi connectivity index (χ3v) is 4.98. The molecule has 2 fully saturated rings. The summed E-state index contributed by atoms with van der Waals surface area (Å²) in [7, 11) is 0. The van der Waals surface area contributed by atoms with Crippen molar-refractivity contribution >= 4 is 18.2 Å². The summed E-state index contributed by atoms with van der Waals surface area (Å²) in [5, 5.41) is 0. The minimum absolute atomic E-state index is 0. The van der Waals surface area contributed by atoms with Gasteiger partial charge in [0.05, 0.1) is 13.2 Å². The SMILES string of the molecule is CCCCCCCC/C=C1/CCC(CN2CCOCC2)C1=O.Cl. The molecule has 134 valence electrons. The van der Waals surface area contributed by atoms with Gasteiger partial charge in [-0.1, -0.05) is 45.1 Å². The Balaban J connectivity index is 0.00000264. The number of nitrogens with zero attached hydrogens (tertiary/aromatic N) is 1. The topological polar surface area (TPSA) is 29.5 Å². The van der Waals surface area contributed by atoms with Crippen molar-refractivity contribution in [1.82, 2.24) is 4.90 Å². The smallest absolute Gasteiger partial charge is 0.162 e. The van der Waals surface area contributed by atoms with Crippen LogP contribution in [0.3, 0.4) is 0 Å². The lowest BCUT2D eigenvalue weighted by Crippen LogP contribution is -2.40. The molecule has 1 atom stereocenters. The van der Waals surface area contributed by atoms with E-state index in [1.807, 2.05) is 0 Å². The highest BCUT2D eigenvalue weighted by atomic mass is 35.5. The molecule has 1 saturated carbocycles. The van der Waals surface area contributed by atoms with E-state index in [2.05, 4.69) is 17.9 Å². The summed E-state index contributed by atoms with van der Waals surface area (Å²) < 4.78 is 5.37. The Labute approximate surface area is 148 Å². The van der Waals surface area contributed by atoms with Crippen molar-refractivity contribution in [3.8, 4) is 0 Å². The molecule has 1 heterocycles. The maximum Gasteiger partial charge on any atom is 0.162 e. The van der Waals surface area contributed by atoms with E-state index in [4.69, 9.17) is 4.74 Å². The Morgan fingerprint density at radius 2 is 1.83 bits per heavy atom. The van der Waals surface area contributed by atoms with Gasteiger partial charge in [0.25, 0.3) is 0 Å². The fourth-order valence-electron chi connectivity index (χ4n) is 3.52. The Kier molecular flexibility index (Phi) is 10.8. The number of carbonyl (C=O) groups is 1. The summed E-state index contributed by atoms with van der Waals surface area (Å²) in [5.41, 5.74) is 1.12. The minimum Gasteiger partial charge on any atom is -0.379 e. The highest BCUT2D eigenvalue weighted by Gasteiger charge is 2.30. The molecule has 2 rings (SSSR count). The van der Waals surface area contributed by atoms with Crippen molar-refractivity contribution in [2.45, 2.75) is 64.7 Å². The summed E-state index contributed by atoms with van der Waals surface area (Å²) in [6.45, 7) is 6.81. The first-order chi connectivity index (χ1) is 10.8. The molecule has 0 N–H and O–H groups in total. The van der Waals surface area contributed by atoms with Gasteiger partial charge in [-0.3, -0.25) is 9.69 Å². The lowest BCUT2D eigenvalue weighted by Gasteiger charge is -2.28. The maximum atomic E-state index is 12.5. The van der Waals surface area contributed by atoms with Crippen LogP contribution >= 0.6 is 12.4 Å². The number of Topliss-reactive ketones (excluding diaryl/α,β-unsaturated/α-hetero) is 1. The fraction of sp³-hybridized carbons (Fsp3) is 0.842. The van der Waals surface area contributed by atoms with E-state index >= 15 is 0 Å². The van der Waals surface area contributed by atoms with Crippen LogP contribution < -0.4 is 0 Å². The van der Waals surface area contributed by atoms with E-state index in [-0.39, 0.29) is 18.3 Å². The van der Waals surface area contributed by atoms with E-state index in [0.717, 1.165) is 57.7 Å². The maximum absolute atomic E-state index is 12.5.